The molecule has 3 heteroatoms. The highest BCUT2D eigenvalue weighted by Crippen LogP contribution is 2.24. The Hall–Kier alpha value is -1.87. The predicted octanol–water partition coefficient (Wildman–Crippen LogP) is 3.50. The number of carboxylic acids is 1. The number of hydrogen-bond donors (Lipinski definition) is 1. The standard InChI is InChI=1S/C19H23NO2/c21-19(22)14-18-16(10-13-20-11-4-1-5-12-20)9-8-15-6-2-3-7-17(15)18/h2-3,6-9H,1,4-5,10-14H2,(H,21,22). The van der Waals surface area contributed by atoms with Gasteiger partial charge >= 0.3 is 5.97 Å². The van der Waals surface area contributed by atoms with Crippen LogP contribution >= 0.6 is 0 Å². The minimum atomic E-state index is -0.754. The molecule has 0 radical (unpaired) electrons. The van der Waals surface area contributed by atoms with Crippen molar-refractivity contribution in [3.63, 3.8) is 0 Å². The molecule has 0 atom stereocenters. The van der Waals surface area contributed by atoms with Gasteiger partial charge in [0, 0.05) is 6.54 Å². The second-order valence-corrected chi connectivity index (χ2v) is 6.15. The van der Waals surface area contributed by atoms with Gasteiger partial charge in [0.15, 0.2) is 0 Å². The van der Waals surface area contributed by atoms with E-state index in [2.05, 4.69) is 23.1 Å². The summed E-state index contributed by atoms with van der Waals surface area (Å²) in [5, 5.41) is 11.5. The zero-order chi connectivity index (χ0) is 15.4. The SMILES string of the molecule is O=C(O)Cc1c(CCN2CCCCC2)ccc2ccccc12. The lowest BCUT2D eigenvalue weighted by molar-refractivity contribution is -0.136. The van der Waals surface area contributed by atoms with Crippen LogP contribution in [0, 0.1) is 0 Å². The summed E-state index contributed by atoms with van der Waals surface area (Å²) in [6.45, 7) is 3.40. The van der Waals surface area contributed by atoms with Gasteiger partial charge in [-0.05, 0) is 54.3 Å². The van der Waals surface area contributed by atoms with Crippen molar-refractivity contribution in [2.45, 2.75) is 32.1 Å². The third-order valence-electron chi connectivity index (χ3n) is 4.61. The summed E-state index contributed by atoms with van der Waals surface area (Å²) >= 11 is 0. The van der Waals surface area contributed by atoms with Gasteiger partial charge < -0.3 is 10.0 Å². The Balaban J connectivity index is 1.85. The molecule has 0 saturated carbocycles. The number of likely N-dealkylation sites (tertiary alicyclic amines) is 1. The summed E-state index contributed by atoms with van der Waals surface area (Å²) in [7, 11) is 0. The fourth-order valence-corrected chi connectivity index (χ4v) is 3.44. The summed E-state index contributed by atoms with van der Waals surface area (Å²) in [6, 6.07) is 12.3. The number of aliphatic carboxylic acids is 1. The van der Waals surface area contributed by atoms with E-state index in [-0.39, 0.29) is 6.42 Å². The largest absolute Gasteiger partial charge is 0.481 e. The molecule has 1 saturated heterocycles. The Kier molecular flexibility index (Phi) is 4.74. The number of benzene rings is 2. The van der Waals surface area contributed by atoms with Crippen molar-refractivity contribution in [1.29, 1.82) is 0 Å². The average molecular weight is 297 g/mol. The summed E-state index contributed by atoms with van der Waals surface area (Å²) in [5.74, 6) is -0.754. The molecule has 116 valence electrons. The number of carbonyl (C=O) groups is 1. The van der Waals surface area contributed by atoms with Crippen molar-refractivity contribution in [3.8, 4) is 0 Å². The van der Waals surface area contributed by atoms with E-state index in [1.807, 2.05) is 18.2 Å². The Morgan fingerprint density at radius 1 is 1.05 bits per heavy atom. The molecule has 0 unspecified atom stereocenters. The van der Waals surface area contributed by atoms with Crippen LogP contribution in [0.3, 0.4) is 0 Å². The maximum atomic E-state index is 11.3. The predicted molar refractivity (Wildman–Crippen MR) is 89.3 cm³/mol. The van der Waals surface area contributed by atoms with Crippen LogP contribution in [-0.4, -0.2) is 35.6 Å². The molecule has 3 rings (SSSR count). The average Bonchev–Trinajstić information content (AvgIpc) is 2.54. The number of fused-ring (bicyclic) bond motifs is 1. The molecule has 1 N–H and O–H groups in total. The molecule has 3 nitrogen and oxygen atoms in total. The van der Waals surface area contributed by atoms with Crippen molar-refractivity contribution < 1.29 is 9.90 Å². The summed E-state index contributed by atoms with van der Waals surface area (Å²) < 4.78 is 0. The topological polar surface area (TPSA) is 40.5 Å². The molecule has 1 aliphatic heterocycles. The van der Waals surface area contributed by atoms with E-state index in [4.69, 9.17) is 0 Å². The Morgan fingerprint density at radius 3 is 2.59 bits per heavy atom. The maximum absolute atomic E-state index is 11.3. The van der Waals surface area contributed by atoms with E-state index < -0.39 is 5.97 Å². The molecule has 0 amide bonds. The van der Waals surface area contributed by atoms with E-state index in [0.29, 0.717) is 0 Å². The van der Waals surface area contributed by atoms with Crippen LogP contribution in [0.15, 0.2) is 36.4 Å². The van der Waals surface area contributed by atoms with Crippen LogP contribution in [0.5, 0.6) is 0 Å². The number of rotatable bonds is 5. The molecule has 1 fully saturated rings. The molecule has 1 heterocycles. The van der Waals surface area contributed by atoms with E-state index in [0.717, 1.165) is 29.3 Å². The summed E-state index contributed by atoms with van der Waals surface area (Å²) in [5.41, 5.74) is 2.18. The molecular formula is C19H23NO2. The molecule has 1 aliphatic rings. The van der Waals surface area contributed by atoms with Gasteiger partial charge in [-0.25, -0.2) is 0 Å². The number of piperidine rings is 1. The van der Waals surface area contributed by atoms with Gasteiger partial charge in [-0.1, -0.05) is 42.8 Å². The van der Waals surface area contributed by atoms with Crippen LogP contribution < -0.4 is 0 Å². The lowest BCUT2D eigenvalue weighted by Gasteiger charge is -2.26. The van der Waals surface area contributed by atoms with Crippen LogP contribution in [0.1, 0.15) is 30.4 Å². The number of hydrogen-bond acceptors (Lipinski definition) is 2. The van der Waals surface area contributed by atoms with Crippen molar-refractivity contribution in [2.24, 2.45) is 0 Å². The Labute approximate surface area is 131 Å². The Bertz CT molecular complexity index is 660. The van der Waals surface area contributed by atoms with Gasteiger partial charge in [0.1, 0.15) is 0 Å². The van der Waals surface area contributed by atoms with Gasteiger partial charge in [-0.3, -0.25) is 4.79 Å². The highest BCUT2D eigenvalue weighted by Gasteiger charge is 2.14. The highest BCUT2D eigenvalue weighted by atomic mass is 16.4. The lowest BCUT2D eigenvalue weighted by Crippen LogP contribution is -2.31. The molecule has 2 aromatic rings. The summed E-state index contributed by atoms with van der Waals surface area (Å²) in [6.07, 6.45) is 4.97. The molecular weight excluding hydrogens is 274 g/mol. The molecule has 0 aliphatic carbocycles. The third-order valence-corrected chi connectivity index (χ3v) is 4.61. The second kappa shape index (κ2) is 6.93. The normalized spacial score (nSPS) is 16.0. The molecule has 0 spiro atoms. The Morgan fingerprint density at radius 2 is 1.82 bits per heavy atom. The minimum absolute atomic E-state index is 0.108. The fraction of sp³-hybridized carbons (Fsp3) is 0.421. The first-order valence-corrected chi connectivity index (χ1v) is 8.18. The van der Waals surface area contributed by atoms with E-state index in [9.17, 15) is 9.90 Å². The molecule has 22 heavy (non-hydrogen) atoms. The van der Waals surface area contributed by atoms with Crippen molar-refractivity contribution >= 4 is 16.7 Å². The van der Waals surface area contributed by atoms with Crippen LogP contribution in [-0.2, 0) is 17.6 Å². The van der Waals surface area contributed by atoms with Gasteiger partial charge in [0.25, 0.3) is 0 Å². The maximum Gasteiger partial charge on any atom is 0.307 e. The van der Waals surface area contributed by atoms with Crippen molar-refractivity contribution in [1.82, 2.24) is 4.90 Å². The second-order valence-electron chi connectivity index (χ2n) is 6.15. The quantitative estimate of drug-likeness (QED) is 0.918. The number of nitrogens with zero attached hydrogens (tertiary/aromatic N) is 1. The van der Waals surface area contributed by atoms with Gasteiger partial charge in [-0.15, -0.1) is 0 Å². The zero-order valence-electron chi connectivity index (χ0n) is 12.9. The van der Waals surface area contributed by atoms with Crippen LogP contribution in [0.4, 0.5) is 0 Å². The van der Waals surface area contributed by atoms with Crippen LogP contribution in [0.2, 0.25) is 0 Å². The minimum Gasteiger partial charge on any atom is -0.481 e. The third kappa shape index (κ3) is 3.47. The van der Waals surface area contributed by atoms with Crippen molar-refractivity contribution in [3.05, 3.63) is 47.5 Å². The van der Waals surface area contributed by atoms with E-state index in [1.54, 1.807) is 0 Å². The molecule has 0 aromatic heterocycles. The smallest absolute Gasteiger partial charge is 0.307 e. The van der Waals surface area contributed by atoms with E-state index >= 15 is 0 Å². The zero-order valence-corrected chi connectivity index (χ0v) is 12.9. The lowest BCUT2D eigenvalue weighted by atomic mass is 9.94. The summed E-state index contributed by atoms with van der Waals surface area (Å²) in [4.78, 5) is 13.8. The van der Waals surface area contributed by atoms with Crippen molar-refractivity contribution in [2.75, 3.05) is 19.6 Å². The highest BCUT2D eigenvalue weighted by molar-refractivity contribution is 5.89. The first kappa shape index (κ1) is 15.0. The number of carboxylic acid groups (broad SMARTS) is 1. The van der Waals surface area contributed by atoms with Crippen LogP contribution in [0.25, 0.3) is 10.8 Å². The van der Waals surface area contributed by atoms with Gasteiger partial charge in [0.2, 0.25) is 0 Å². The fourth-order valence-electron chi connectivity index (χ4n) is 3.44. The molecule has 2 aromatic carbocycles. The monoisotopic (exact) mass is 297 g/mol. The first-order valence-electron chi connectivity index (χ1n) is 8.18. The van der Waals surface area contributed by atoms with E-state index in [1.165, 1.54) is 37.9 Å². The molecule has 0 bridgehead atoms. The van der Waals surface area contributed by atoms with Gasteiger partial charge in [-0.2, -0.15) is 0 Å². The van der Waals surface area contributed by atoms with Gasteiger partial charge in [0.05, 0.1) is 6.42 Å². The first-order chi connectivity index (χ1) is 10.7.